The van der Waals surface area contributed by atoms with Gasteiger partial charge in [-0.3, -0.25) is 10.1 Å². The first kappa shape index (κ1) is 15.6. The minimum atomic E-state index is -0.687. The molecule has 1 unspecified atom stereocenters. The molecule has 7 nitrogen and oxygen atoms in total. The number of nitrogens with zero attached hydrogens (tertiary/aromatic N) is 1. The Hall–Kier alpha value is -3.68. The summed E-state index contributed by atoms with van der Waals surface area (Å²) in [4.78, 5) is 30.3. The van der Waals surface area contributed by atoms with E-state index < -0.39 is 18.0 Å². The Labute approximate surface area is 151 Å². The molecule has 27 heavy (non-hydrogen) atoms. The molecule has 0 saturated carbocycles. The first-order valence-corrected chi connectivity index (χ1v) is 8.35. The Kier molecular flexibility index (Phi) is 3.27. The van der Waals surface area contributed by atoms with Gasteiger partial charge in [-0.05, 0) is 35.9 Å². The minimum absolute atomic E-state index is 0.175. The summed E-state index contributed by atoms with van der Waals surface area (Å²) in [5.41, 5.74) is 3.77. The van der Waals surface area contributed by atoms with Crippen LogP contribution in [0.3, 0.4) is 0 Å². The molecule has 1 saturated heterocycles. The van der Waals surface area contributed by atoms with E-state index in [0.29, 0.717) is 22.5 Å². The summed E-state index contributed by atoms with van der Waals surface area (Å²) in [5, 5.41) is 5.60. The van der Waals surface area contributed by atoms with Crippen molar-refractivity contribution in [2.45, 2.75) is 12.5 Å². The average Bonchev–Trinajstić information content (AvgIpc) is 3.30. The van der Waals surface area contributed by atoms with Crippen LogP contribution in [0.2, 0.25) is 0 Å². The molecular weight excluding hydrogens is 351 g/mol. The molecule has 2 aromatic heterocycles. The quantitative estimate of drug-likeness (QED) is 0.487. The number of urea groups is 1. The van der Waals surface area contributed by atoms with Gasteiger partial charge in [0.25, 0.3) is 5.91 Å². The van der Waals surface area contributed by atoms with Crippen LogP contribution in [0.5, 0.6) is 0 Å². The number of amides is 3. The van der Waals surface area contributed by atoms with Gasteiger partial charge in [0.05, 0.1) is 6.42 Å². The second kappa shape index (κ2) is 5.66. The lowest BCUT2D eigenvalue weighted by atomic mass is 10.0. The zero-order valence-corrected chi connectivity index (χ0v) is 13.9. The number of rotatable bonds is 3. The Morgan fingerprint density at radius 3 is 2.85 bits per heavy atom. The molecular formula is C19H13FN4O3. The highest BCUT2D eigenvalue weighted by molar-refractivity contribution is 6.04. The van der Waals surface area contributed by atoms with Gasteiger partial charge in [0.15, 0.2) is 11.5 Å². The van der Waals surface area contributed by atoms with Crippen molar-refractivity contribution < 1.29 is 18.4 Å². The van der Waals surface area contributed by atoms with E-state index in [1.54, 1.807) is 6.07 Å². The summed E-state index contributed by atoms with van der Waals surface area (Å²) in [5.74, 6) is -0.325. The molecule has 1 atom stereocenters. The number of aromatic amines is 1. The number of benzene rings is 2. The summed E-state index contributed by atoms with van der Waals surface area (Å²) in [7, 11) is 0. The van der Waals surface area contributed by atoms with Crippen LogP contribution in [0, 0.1) is 5.82 Å². The number of halogens is 1. The first-order chi connectivity index (χ1) is 13.1. The average molecular weight is 364 g/mol. The fourth-order valence-corrected chi connectivity index (χ4v) is 3.34. The fraction of sp³-hybridized carbons (Fsp3) is 0.105. The van der Waals surface area contributed by atoms with Crippen molar-refractivity contribution in [3.63, 3.8) is 0 Å². The lowest BCUT2D eigenvalue weighted by molar-refractivity contribution is -0.120. The van der Waals surface area contributed by atoms with Gasteiger partial charge >= 0.3 is 6.03 Å². The zero-order valence-electron chi connectivity index (χ0n) is 13.9. The fourth-order valence-electron chi connectivity index (χ4n) is 3.34. The van der Waals surface area contributed by atoms with Crippen molar-refractivity contribution in [1.82, 2.24) is 20.6 Å². The molecule has 1 aliphatic heterocycles. The van der Waals surface area contributed by atoms with E-state index in [0.717, 1.165) is 16.5 Å². The van der Waals surface area contributed by atoms with Gasteiger partial charge in [-0.1, -0.05) is 6.07 Å². The first-order valence-electron chi connectivity index (χ1n) is 8.35. The molecule has 3 heterocycles. The van der Waals surface area contributed by atoms with Gasteiger partial charge in [-0.15, -0.1) is 0 Å². The van der Waals surface area contributed by atoms with Crippen LogP contribution in [0.1, 0.15) is 5.89 Å². The summed E-state index contributed by atoms with van der Waals surface area (Å²) in [6, 6.07) is 8.99. The molecule has 4 aromatic rings. The molecule has 2 aromatic carbocycles. The second-order valence-corrected chi connectivity index (χ2v) is 6.40. The molecule has 0 bridgehead atoms. The zero-order chi connectivity index (χ0) is 18.5. The van der Waals surface area contributed by atoms with Gasteiger partial charge in [-0.25, -0.2) is 14.2 Å². The van der Waals surface area contributed by atoms with Crippen LogP contribution < -0.4 is 10.6 Å². The van der Waals surface area contributed by atoms with E-state index in [1.807, 2.05) is 24.4 Å². The molecule has 3 N–H and O–H groups in total. The van der Waals surface area contributed by atoms with Crippen molar-refractivity contribution in [2.75, 3.05) is 0 Å². The van der Waals surface area contributed by atoms with E-state index in [4.69, 9.17) is 4.42 Å². The number of aromatic nitrogens is 2. The normalized spacial score (nSPS) is 16.9. The molecule has 8 heteroatoms. The number of nitrogens with one attached hydrogen (secondary N) is 3. The van der Waals surface area contributed by atoms with Gasteiger partial charge < -0.3 is 14.7 Å². The number of carbonyl (C=O) groups is 2. The van der Waals surface area contributed by atoms with E-state index >= 15 is 0 Å². The summed E-state index contributed by atoms with van der Waals surface area (Å²) in [6.45, 7) is 0. The Morgan fingerprint density at radius 1 is 1.15 bits per heavy atom. The van der Waals surface area contributed by atoms with Crippen LogP contribution in [0.15, 0.2) is 47.0 Å². The molecule has 5 rings (SSSR count). The number of oxazole rings is 1. The van der Waals surface area contributed by atoms with Crippen LogP contribution >= 0.6 is 0 Å². The molecule has 0 radical (unpaired) electrons. The highest BCUT2D eigenvalue weighted by Gasteiger charge is 2.31. The lowest BCUT2D eigenvalue weighted by Crippen LogP contribution is -2.31. The third-order valence-electron chi connectivity index (χ3n) is 4.62. The maximum absolute atomic E-state index is 13.4. The van der Waals surface area contributed by atoms with Gasteiger partial charge in [0.2, 0.25) is 0 Å². The number of H-pyrrole nitrogens is 1. The number of carbonyl (C=O) groups excluding carboxylic acids is 2. The highest BCUT2D eigenvalue weighted by Crippen LogP contribution is 2.31. The Bertz CT molecular complexity index is 1230. The summed E-state index contributed by atoms with van der Waals surface area (Å²) < 4.78 is 19.2. The van der Waals surface area contributed by atoms with Crippen LogP contribution in [-0.4, -0.2) is 27.9 Å². The largest absolute Gasteiger partial charge is 0.441 e. The molecule has 1 aliphatic rings. The van der Waals surface area contributed by atoms with Crippen molar-refractivity contribution in [1.29, 1.82) is 0 Å². The monoisotopic (exact) mass is 364 g/mol. The van der Waals surface area contributed by atoms with E-state index in [-0.39, 0.29) is 12.2 Å². The van der Waals surface area contributed by atoms with Gasteiger partial charge in [0, 0.05) is 22.7 Å². The Balaban J connectivity index is 1.50. The number of fused-ring (bicyclic) bond motifs is 2. The summed E-state index contributed by atoms with van der Waals surface area (Å²) >= 11 is 0. The van der Waals surface area contributed by atoms with Gasteiger partial charge in [0.1, 0.15) is 17.4 Å². The minimum Gasteiger partial charge on any atom is -0.441 e. The Morgan fingerprint density at radius 2 is 2.04 bits per heavy atom. The predicted octanol–water partition coefficient (Wildman–Crippen LogP) is 2.87. The number of hydrogen-bond donors (Lipinski definition) is 3. The van der Waals surface area contributed by atoms with E-state index in [2.05, 4.69) is 20.6 Å². The van der Waals surface area contributed by atoms with E-state index in [9.17, 15) is 14.0 Å². The van der Waals surface area contributed by atoms with Crippen LogP contribution in [-0.2, 0) is 11.2 Å². The molecule has 0 aliphatic carbocycles. The predicted molar refractivity (Wildman–Crippen MR) is 95.4 cm³/mol. The standard InChI is InChI=1S/C19H13FN4O3/c20-10-2-3-11-12(8-21-14(11)6-10)9-1-4-13-16(5-9)27-17(22-13)7-15-18(25)24-19(26)23-15/h1-6,8,15,21H,7H2,(H2,23,24,25,26). The number of imide groups is 1. The van der Waals surface area contributed by atoms with Crippen molar-refractivity contribution in [3.8, 4) is 11.1 Å². The third-order valence-corrected chi connectivity index (χ3v) is 4.62. The lowest BCUT2D eigenvalue weighted by Gasteiger charge is -2.02. The van der Waals surface area contributed by atoms with Crippen LogP contribution in [0.4, 0.5) is 9.18 Å². The molecule has 3 amide bonds. The van der Waals surface area contributed by atoms with Gasteiger partial charge in [-0.2, -0.15) is 0 Å². The highest BCUT2D eigenvalue weighted by atomic mass is 19.1. The number of hydrogen-bond acceptors (Lipinski definition) is 4. The molecule has 134 valence electrons. The topological polar surface area (TPSA) is 100 Å². The summed E-state index contributed by atoms with van der Waals surface area (Å²) in [6.07, 6.45) is 1.99. The second-order valence-electron chi connectivity index (χ2n) is 6.40. The maximum Gasteiger partial charge on any atom is 0.322 e. The van der Waals surface area contributed by atoms with Crippen molar-refractivity contribution >= 4 is 33.9 Å². The smallest absolute Gasteiger partial charge is 0.322 e. The molecule has 1 fully saturated rings. The van der Waals surface area contributed by atoms with E-state index in [1.165, 1.54) is 12.1 Å². The van der Waals surface area contributed by atoms with Crippen molar-refractivity contribution in [2.24, 2.45) is 0 Å². The van der Waals surface area contributed by atoms with Crippen LogP contribution in [0.25, 0.3) is 33.1 Å². The van der Waals surface area contributed by atoms with Crippen molar-refractivity contribution in [3.05, 3.63) is 54.3 Å². The third kappa shape index (κ3) is 2.62. The SMILES string of the molecule is O=C1NC(=O)C(Cc2nc3ccc(-c4c[nH]c5cc(F)ccc45)cc3o2)N1. The maximum atomic E-state index is 13.4. The molecule has 0 spiro atoms.